The van der Waals surface area contributed by atoms with E-state index in [1.54, 1.807) is 0 Å². The smallest absolute Gasteiger partial charge is 0.0924 e. The van der Waals surface area contributed by atoms with Gasteiger partial charge in [-0.25, -0.2) is 0 Å². The molecule has 1 saturated heterocycles. The molecular formula is C11H14N4. The van der Waals surface area contributed by atoms with Crippen molar-refractivity contribution in [2.24, 2.45) is 0 Å². The molecule has 1 aromatic carbocycles. The van der Waals surface area contributed by atoms with Crippen molar-refractivity contribution in [1.82, 2.24) is 20.8 Å². The minimum Gasteiger partial charge on any atom is -0.314 e. The van der Waals surface area contributed by atoms with Gasteiger partial charge in [-0.1, -0.05) is 18.2 Å². The maximum Gasteiger partial charge on any atom is 0.0924 e. The molecule has 1 aliphatic heterocycles. The van der Waals surface area contributed by atoms with Gasteiger partial charge in [0.1, 0.15) is 0 Å². The predicted molar refractivity (Wildman–Crippen MR) is 59.7 cm³/mol. The Morgan fingerprint density at radius 2 is 2.13 bits per heavy atom. The largest absolute Gasteiger partial charge is 0.314 e. The third-order valence-corrected chi connectivity index (χ3v) is 2.88. The molecule has 78 valence electrons. The van der Waals surface area contributed by atoms with Gasteiger partial charge in [0.15, 0.2) is 0 Å². The maximum absolute atomic E-state index is 4.30. The van der Waals surface area contributed by atoms with Gasteiger partial charge in [0, 0.05) is 25.0 Å². The molecule has 3 N–H and O–H groups in total. The monoisotopic (exact) mass is 202 g/mol. The molecular weight excluding hydrogens is 188 g/mol. The standard InChI is InChI=1S/C11H14N4/c1-2-4-9-8(3-1)11(15-14-9)10-7-12-5-6-13-10/h1-4,10,12-13H,5-7H2,(H,14,15)/t10-/m1/s1. The summed E-state index contributed by atoms with van der Waals surface area (Å²) in [5, 5.41) is 15.5. The number of fused-ring (bicyclic) bond motifs is 1. The van der Waals surface area contributed by atoms with Gasteiger partial charge in [0.2, 0.25) is 0 Å². The van der Waals surface area contributed by atoms with Gasteiger partial charge in [-0.3, -0.25) is 5.10 Å². The zero-order valence-corrected chi connectivity index (χ0v) is 8.46. The second kappa shape index (κ2) is 3.64. The number of H-pyrrole nitrogens is 1. The number of aromatic nitrogens is 2. The summed E-state index contributed by atoms with van der Waals surface area (Å²) in [5.41, 5.74) is 2.23. The highest BCUT2D eigenvalue weighted by Crippen LogP contribution is 2.21. The zero-order chi connectivity index (χ0) is 10.1. The van der Waals surface area contributed by atoms with Crippen molar-refractivity contribution in [3.05, 3.63) is 30.0 Å². The molecule has 3 rings (SSSR count). The fraction of sp³-hybridized carbons (Fsp3) is 0.364. The van der Waals surface area contributed by atoms with Gasteiger partial charge >= 0.3 is 0 Å². The average Bonchev–Trinajstić information content (AvgIpc) is 2.74. The molecule has 2 aromatic rings. The Morgan fingerprint density at radius 1 is 1.20 bits per heavy atom. The quantitative estimate of drug-likeness (QED) is 0.641. The Hall–Kier alpha value is -1.39. The lowest BCUT2D eigenvalue weighted by Gasteiger charge is -2.23. The van der Waals surface area contributed by atoms with E-state index in [0.717, 1.165) is 25.2 Å². The Labute approximate surface area is 88.1 Å². The first-order chi connectivity index (χ1) is 7.45. The molecule has 0 radical (unpaired) electrons. The molecule has 4 heteroatoms. The van der Waals surface area contributed by atoms with Gasteiger partial charge in [-0.05, 0) is 6.07 Å². The van der Waals surface area contributed by atoms with E-state index >= 15 is 0 Å². The number of nitrogens with zero attached hydrogens (tertiary/aromatic N) is 1. The number of para-hydroxylation sites is 1. The lowest BCUT2D eigenvalue weighted by Crippen LogP contribution is -2.42. The van der Waals surface area contributed by atoms with Crippen molar-refractivity contribution in [3.63, 3.8) is 0 Å². The third kappa shape index (κ3) is 1.52. The Morgan fingerprint density at radius 3 is 3.00 bits per heavy atom. The number of piperazine rings is 1. The van der Waals surface area contributed by atoms with E-state index in [-0.39, 0.29) is 0 Å². The molecule has 1 fully saturated rings. The minimum absolute atomic E-state index is 0.353. The van der Waals surface area contributed by atoms with Gasteiger partial charge in [0.05, 0.1) is 17.3 Å². The summed E-state index contributed by atoms with van der Waals surface area (Å²) in [6, 6.07) is 8.57. The molecule has 0 unspecified atom stereocenters. The lowest BCUT2D eigenvalue weighted by atomic mass is 10.1. The molecule has 0 bridgehead atoms. The van der Waals surface area contributed by atoms with Crippen molar-refractivity contribution in [2.75, 3.05) is 19.6 Å². The van der Waals surface area contributed by atoms with Crippen LogP contribution in [0.2, 0.25) is 0 Å². The van der Waals surface area contributed by atoms with Crippen LogP contribution >= 0.6 is 0 Å². The van der Waals surface area contributed by atoms with E-state index in [2.05, 4.69) is 33.0 Å². The van der Waals surface area contributed by atoms with Crippen LogP contribution in [0.1, 0.15) is 11.7 Å². The van der Waals surface area contributed by atoms with Crippen molar-refractivity contribution >= 4 is 10.9 Å². The molecule has 15 heavy (non-hydrogen) atoms. The summed E-state index contributed by atoms with van der Waals surface area (Å²) in [6.07, 6.45) is 0. The Kier molecular flexibility index (Phi) is 2.16. The first kappa shape index (κ1) is 8.88. The second-order valence-corrected chi connectivity index (χ2v) is 3.87. The molecule has 1 atom stereocenters. The molecule has 1 aromatic heterocycles. The normalized spacial score (nSPS) is 22.0. The van der Waals surface area contributed by atoms with E-state index in [0.29, 0.717) is 6.04 Å². The summed E-state index contributed by atoms with van der Waals surface area (Å²) in [6.45, 7) is 3.02. The van der Waals surface area contributed by atoms with Crippen LogP contribution < -0.4 is 10.6 Å². The minimum atomic E-state index is 0.353. The summed E-state index contributed by atoms with van der Waals surface area (Å²) < 4.78 is 0. The summed E-state index contributed by atoms with van der Waals surface area (Å²) in [5.74, 6) is 0. The highest BCUT2D eigenvalue weighted by molar-refractivity contribution is 5.81. The number of nitrogens with one attached hydrogen (secondary N) is 3. The summed E-state index contributed by atoms with van der Waals surface area (Å²) >= 11 is 0. The second-order valence-electron chi connectivity index (χ2n) is 3.87. The number of rotatable bonds is 1. The average molecular weight is 202 g/mol. The van der Waals surface area contributed by atoms with Crippen LogP contribution in [0.15, 0.2) is 24.3 Å². The Bertz CT molecular complexity index is 456. The molecule has 0 aliphatic carbocycles. The fourth-order valence-corrected chi connectivity index (χ4v) is 2.10. The number of hydrogen-bond donors (Lipinski definition) is 3. The van der Waals surface area contributed by atoms with Crippen LogP contribution in [0.4, 0.5) is 0 Å². The number of hydrogen-bond acceptors (Lipinski definition) is 3. The van der Waals surface area contributed by atoms with Gasteiger partial charge in [0.25, 0.3) is 0 Å². The first-order valence-corrected chi connectivity index (χ1v) is 5.32. The third-order valence-electron chi connectivity index (χ3n) is 2.88. The van der Waals surface area contributed by atoms with Crippen LogP contribution in [0.25, 0.3) is 10.9 Å². The van der Waals surface area contributed by atoms with Gasteiger partial charge in [-0.15, -0.1) is 0 Å². The van der Waals surface area contributed by atoms with E-state index in [9.17, 15) is 0 Å². The molecule has 4 nitrogen and oxygen atoms in total. The van der Waals surface area contributed by atoms with E-state index in [1.165, 1.54) is 11.1 Å². The summed E-state index contributed by atoms with van der Waals surface area (Å²) in [7, 11) is 0. The van der Waals surface area contributed by atoms with Crippen molar-refractivity contribution in [3.8, 4) is 0 Å². The molecule has 0 spiro atoms. The van der Waals surface area contributed by atoms with Crippen LogP contribution in [0.5, 0.6) is 0 Å². The van der Waals surface area contributed by atoms with Crippen LogP contribution in [0.3, 0.4) is 0 Å². The summed E-state index contributed by atoms with van der Waals surface area (Å²) in [4.78, 5) is 0. The molecule has 2 heterocycles. The van der Waals surface area contributed by atoms with E-state index < -0.39 is 0 Å². The highest BCUT2D eigenvalue weighted by atomic mass is 15.2. The number of aromatic amines is 1. The van der Waals surface area contributed by atoms with Crippen LogP contribution in [0, 0.1) is 0 Å². The molecule has 0 amide bonds. The predicted octanol–water partition coefficient (Wildman–Crippen LogP) is 0.797. The van der Waals surface area contributed by atoms with Crippen molar-refractivity contribution < 1.29 is 0 Å². The van der Waals surface area contributed by atoms with Crippen LogP contribution in [-0.2, 0) is 0 Å². The van der Waals surface area contributed by atoms with E-state index in [4.69, 9.17) is 0 Å². The fourth-order valence-electron chi connectivity index (χ4n) is 2.10. The zero-order valence-electron chi connectivity index (χ0n) is 8.46. The molecule has 0 saturated carbocycles. The number of benzene rings is 1. The van der Waals surface area contributed by atoms with Gasteiger partial charge in [-0.2, -0.15) is 5.10 Å². The first-order valence-electron chi connectivity index (χ1n) is 5.32. The Balaban J connectivity index is 2.02. The van der Waals surface area contributed by atoms with E-state index in [1.807, 2.05) is 12.1 Å². The van der Waals surface area contributed by atoms with Gasteiger partial charge < -0.3 is 10.6 Å². The maximum atomic E-state index is 4.30. The van der Waals surface area contributed by atoms with Crippen molar-refractivity contribution in [2.45, 2.75) is 6.04 Å². The van der Waals surface area contributed by atoms with Crippen molar-refractivity contribution in [1.29, 1.82) is 0 Å². The molecule has 1 aliphatic rings. The SMILES string of the molecule is c1ccc2c([C@H]3CNCCN3)[nH]nc2c1. The lowest BCUT2D eigenvalue weighted by molar-refractivity contribution is 0.424. The highest BCUT2D eigenvalue weighted by Gasteiger charge is 2.18. The van der Waals surface area contributed by atoms with Crippen LogP contribution in [-0.4, -0.2) is 29.8 Å². The topological polar surface area (TPSA) is 52.7 Å².